The van der Waals surface area contributed by atoms with Crippen molar-refractivity contribution in [2.24, 2.45) is 5.92 Å². The van der Waals surface area contributed by atoms with Gasteiger partial charge in [-0.25, -0.2) is 9.89 Å². The monoisotopic (exact) mass is 325 g/mol. The van der Waals surface area contributed by atoms with Crippen molar-refractivity contribution in [1.29, 1.82) is 0 Å². The molecule has 1 aromatic heterocycles. The minimum absolute atomic E-state index is 0.250. The number of likely N-dealkylation sites (tertiary alicyclic amines) is 1. The fourth-order valence-electron chi connectivity index (χ4n) is 2.85. The normalized spacial score (nSPS) is 18.7. The third-order valence-corrected chi connectivity index (χ3v) is 4.37. The highest BCUT2D eigenvalue weighted by Crippen LogP contribution is 2.29. The van der Waals surface area contributed by atoms with Crippen molar-refractivity contribution < 1.29 is 14.7 Å². The van der Waals surface area contributed by atoms with E-state index in [1.807, 2.05) is 4.90 Å². The van der Waals surface area contributed by atoms with Gasteiger partial charge in [-0.1, -0.05) is 6.42 Å². The van der Waals surface area contributed by atoms with Gasteiger partial charge in [-0.05, 0) is 25.7 Å². The number of aromatic nitrogens is 3. The fourth-order valence-corrected chi connectivity index (χ4v) is 2.85. The molecule has 23 heavy (non-hydrogen) atoms. The molecule has 0 unspecified atom stereocenters. The number of hydrogen-bond acceptors (Lipinski definition) is 5. The zero-order valence-electron chi connectivity index (χ0n) is 13.0. The molecule has 0 aromatic carbocycles. The summed E-state index contributed by atoms with van der Waals surface area (Å²) in [6.45, 7) is 1.98. The van der Waals surface area contributed by atoms with Crippen molar-refractivity contribution in [3.63, 3.8) is 0 Å². The van der Waals surface area contributed by atoms with Crippen LogP contribution >= 0.6 is 0 Å². The maximum atomic E-state index is 12.1. The van der Waals surface area contributed by atoms with E-state index in [0.29, 0.717) is 30.2 Å². The molecule has 9 nitrogen and oxygen atoms in total. The Kier molecular flexibility index (Phi) is 6.33. The molecule has 0 atom stereocenters. The molecule has 2 heterocycles. The molecule has 0 spiro atoms. The predicted molar refractivity (Wildman–Crippen MR) is 81.7 cm³/mol. The van der Waals surface area contributed by atoms with Crippen molar-refractivity contribution in [2.75, 3.05) is 13.1 Å². The SMILES string of the molecule is O=C(C1CCC1)N1CCC(NCc2n[nH]c(=O)[nH]2)CC1.O=CO. The van der Waals surface area contributed by atoms with Gasteiger partial charge in [-0.15, -0.1) is 0 Å². The molecule has 0 radical (unpaired) electrons. The van der Waals surface area contributed by atoms with Crippen molar-refractivity contribution in [3.8, 4) is 0 Å². The van der Waals surface area contributed by atoms with Crippen LogP contribution in [0.4, 0.5) is 0 Å². The van der Waals surface area contributed by atoms with Crippen molar-refractivity contribution in [1.82, 2.24) is 25.4 Å². The molecule has 1 aromatic rings. The number of aromatic amines is 2. The second-order valence-corrected chi connectivity index (χ2v) is 5.84. The van der Waals surface area contributed by atoms with Crippen molar-refractivity contribution in [2.45, 2.75) is 44.7 Å². The minimum Gasteiger partial charge on any atom is -0.483 e. The number of carboxylic acid groups (broad SMARTS) is 1. The molecule has 1 saturated heterocycles. The standard InChI is InChI=1S/C13H21N5O2.CH2O2/c19-12(9-2-1-3-9)18-6-4-10(5-7-18)14-8-11-15-13(20)17-16-11;2-1-3/h9-10,14H,1-8H2,(H2,15,16,17,20);1H,(H,2,3). The summed E-state index contributed by atoms with van der Waals surface area (Å²) in [6, 6.07) is 0.389. The zero-order valence-corrected chi connectivity index (χ0v) is 13.0. The Bertz CT molecular complexity index is 558. The first-order chi connectivity index (χ1) is 11.1. The molecular weight excluding hydrogens is 302 g/mol. The van der Waals surface area contributed by atoms with Crippen molar-refractivity contribution in [3.05, 3.63) is 16.3 Å². The van der Waals surface area contributed by atoms with Crippen LogP contribution in [0.2, 0.25) is 0 Å². The highest BCUT2D eigenvalue weighted by Gasteiger charge is 2.31. The van der Waals surface area contributed by atoms with E-state index < -0.39 is 0 Å². The third-order valence-electron chi connectivity index (χ3n) is 4.37. The van der Waals surface area contributed by atoms with Crippen LogP contribution in [-0.4, -0.2) is 56.7 Å². The number of H-pyrrole nitrogens is 2. The number of carbonyl (C=O) groups excluding carboxylic acids is 1. The second-order valence-electron chi connectivity index (χ2n) is 5.84. The largest absolute Gasteiger partial charge is 0.483 e. The van der Waals surface area contributed by atoms with E-state index in [9.17, 15) is 9.59 Å². The van der Waals surface area contributed by atoms with E-state index in [1.165, 1.54) is 6.42 Å². The van der Waals surface area contributed by atoms with Gasteiger partial charge in [0, 0.05) is 25.0 Å². The predicted octanol–water partition coefficient (Wildman–Crippen LogP) is -0.320. The zero-order chi connectivity index (χ0) is 16.7. The van der Waals surface area contributed by atoms with Crippen molar-refractivity contribution >= 4 is 12.4 Å². The van der Waals surface area contributed by atoms with E-state index in [1.54, 1.807) is 0 Å². The molecule has 0 bridgehead atoms. The Morgan fingerprint density at radius 2 is 2.00 bits per heavy atom. The van der Waals surface area contributed by atoms with E-state index in [-0.39, 0.29) is 12.2 Å². The Morgan fingerprint density at radius 3 is 2.48 bits per heavy atom. The average Bonchev–Trinajstić information content (AvgIpc) is 2.90. The first-order valence-electron chi connectivity index (χ1n) is 7.87. The van der Waals surface area contributed by atoms with Crippen LogP contribution in [0.15, 0.2) is 4.79 Å². The number of piperidine rings is 1. The van der Waals surface area contributed by atoms with Gasteiger partial charge < -0.3 is 15.3 Å². The lowest BCUT2D eigenvalue weighted by Crippen LogP contribution is -2.47. The number of hydrogen-bond donors (Lipinski definition) is 4. The van der Waals surface area contributed by atoms with Gasteiger partial charge in [0.2, 0.25) is 5.91 Å². The van der Waals surface area contributed by atoms with E-state index in [2.05, 4.69) is 20.5 Å². The topological polar surface area (TPSA) is 131 Å². The maximum Gasteiger partial charge on any atom is 0.340 e. The summed E-state index contributed by atoms with van der Waals surface area (Å²) >= 11 is 0. The quantitative estimate of drug-likeness (QED) is 0.561. The molecule has 3 rings (SSSR count). The van der Waals surface area contributed by atoms with Gasteiger partial charge in [0.15, 0.2) is 0 Å². The molecule has 2 fully saturated rings. The van der Waals surface area contributed by atoms with Crippen LogP contribution in [0, 0.1) is 5.92 Å². The first-order valence-corrected chi connectivity index (χ1v) is 7.87. The maximum absolute atomic E-state index is 12.1. The summed E-state index contributed by atoms with van der Waals surface area (Å²) in [6.07, 6.45) is 5.28. The number of nitrogens with zero attached hydrogens (tertiary/aromatic N) is 2. The fraction of sp³-hybridized carbons (Fsp3) is 0.714. The number of carbonyl (C=O) groups is 2. The number of rotatable bonds is 4. The van der Waals surface area contributed by atoms with E-state index in [4.69, 9.17) is 9.90 Å². The Morgan fingerprint density at radius 1 is 1.35 bits per heavy atom. The molecule has 2 aliphatic rings. The molecular formula is C14H23N5O4. The molecule has 128 valence electrons. The lowest BCUT2D eigenvalue weighted by Gasteiger charge is -2.36. The van der Waals surface area contributed by atoms with Crippen LogP contribution in [0.1, 0.15) is 37.9 Å². The average molecular weight is 325 g/mol. The molecule has 1 amide bonds. The third kappa shape index (κ3) is 4.92. The van der Waals surface area contributed by atoms with Crippen LogP contribution in [0.5, 0.6) is 0 Å². The Balaban J connectivity index is 0.000000595. The summed E-state index contributed by atoms with van der Waals surface area (Å²) in [7, 11) is 0. The smallest absolute Gasteiger partial charge is 0.340 e. The van der Waals surface area contributed by atoms with Gasteiger partial charge >= 0.3 is 5.69 Å². The first kappa shape index (κ1) is 17.2. The van der Waals surface area contributed by atoms with E-state index in [0.717, 1.165) is 38.8 Å². The molecule has 1 saturated carbocycles. The summed E-state index contributed by atoms with van der Waals surface area (Å²) in [5, 5.41) is 16.5. The Hall–Kier alpha value is -2.16. The summed E-state index contributed by atoms with van der Waals surface area (Å²) in [5.41, 5.74) is -0.275. The number of amides is 1. The minimum atomic E-state index is -0.275. The molecule has 4 N–H and O–H groups in total. The number of nitrogens with one attached hydrogen (secondary N) is 3. The van der Waals surface area contributed by atoms with Gasteiger partial charge in [0.05, 0.1) is 6.54 Å². The van der Waals surface area contributed by atoms with Crippen LogP contribution in [-0.2, 0) is 16.1 Å². The van der Waals surface area contributed by atoms with E-state index >= 15 is 0 Å². The van der Waals surface area contributed by atoms with Gasteiger partial charge in [-0.3, -0.25) is 14.6 Å². The highest BCUT2D eigenvalue weighted by atomic mass is 16.3. The highest BCUT2D eigenvalue weighted by molar-refractivity contribution is 5.79. The second kappa shape index (κ2) is 8.47. The lowest BCUT2D eigenvalue weighted by atomic mass is 9.84. The Labute approximate surface area is 133 Å². The van der Waals surface area contributed by atoms with Gasteiger partial charge in [-0.2, -0.15) is 5.10 Å². The molecule has 1 aliphatic carbocycles. The lowest BCUT2D eigenvalue weighted by molar-refractivity contribution is -0.139. The molecule has 1 aliphatic heterocycles. The van der Waals surface area contributed by atoms with Gasteiger partial charge in [0.1, 0.15) is 5.82 Å². The molecule has 9 heteroatoms. The summed E-state index contributed by atoms with van der Waals surface area (Å²) in [4.78, 5) is 36.0. The summed E-state index contributed by atoms with van der Waals surface area (Å²) < 4.78 is 0. The van der Waals surface area contributed by atoms with Crippen LogP contribution < -0.4 is 11.0 Å². The summed E-state index contributed by atoms with van der Waals surface area (Å²) in [5.74, 6) is 1.28. The van der Waals surface area contributed by atoms with Crippen LogP contribution in [0.3, 0.4) is 0 Å². The van der Waals surface area contributed by atoms with Gasteiger partial charge in [0.25, 0.3) is 6.47 Å². The van der Waals surface area contributed by atoms with Crippen LogP contribution in [0.25, 0.3) is 0 Å².